The monoisotopic (exact) mass is 284 g/mol. The lowest BCUT2D eigenvalue weighted by atomic mass is 10.2. The first-order valence-electron chi connectivity index (χ1n) is 6.38. The molecule has 3 nitrogen and oxygen atoms in total. The van der Waals surface area contributed by atoms with Crippen LogP contribution in [-0.4, -0.2) is 6.03 Å². The zero-order valence-electron chi connectivity index (χ0n) is 10.8. The number of carbonyl (C=O) groups excluding carboxylic acids is 1. The number of hydrogen-bond acceptors (Lipinski definition) is 1. The summed E-state index contributed by atoms with van der Waals surface area (Å²) in [5.41, 5.74) is 0.768. The van der Waals surface area contributed by atoms with Crippen LogP contribution >= 0.6 is 0 Å². The lowest BCUT2D eigenvalue weighted by molar-refractivity contribution is -0.137. The fourth-order valence-corrected chi connectivity index (χ4v) is 2.05. The van der Waals surface area contributed by atoms with Gasteiger partial charge in [0.15, 0.2) is 0 Å². The van der Waals surface area contributed by atoms with Crippen molar-refractivity contribution in [2.75, 3.05) is 5.32 Å². The Hall–Kier alpha value is -1.98. The Labute approximate surface area is 114 Å². The number of nitrogens with one attached hydrogen (secondary N) is 2. The van der Waals surface area contributed by atoms with E-state index in [9.17, 15) is 18.0 Å². The first-order chi connectivity index (χ1) is 9.45. The molecule has 0 radical (unpaired) electrons. The maximum absolute atomic E-state index is 12.4. The van der Waals surface area contributed by atoms with Gasteiger partial charge in [0.2, 0.25) is 0 Å². The van der Waals surface area contributed by atoms with Gasteiger partial charge in [0.1, 0.15) is 0 Å². The van der Waals surface area contributed by atoms with Crippen molar-refractivity contribution in [3.8, 4) is 0 Å². The van der Waals surface area contributed by atoms with E-state index < -0.39 is 17.8 Å². The molecule has 1 aromatic carbocycles. The molecule has 2 rings (SSSR count). The molecule has 108 valence electrons. The summed E-state index contributed by atoms with van der Waals surface area (Å²) < 4.78 is 37.1. The molecule has 1 aromatic rings. The summed E-state index contributed by atoms with van der Waals surface area (Å²) in [6, 6.07) is 3.87. The summed E-state index contributed by atoms with van der Waals surface area (Å²) in [5, 5.41) is 5.07. The molecule has 0 spiro atoms. The molecular formula is C14H15F3N2O. The SMILES string of the molecule is O=C(NC=C1CCCC1)Nc1ccc(C(F)(F)F)cc1. The molecule has 0 atom stereocenters. The summed E-state index contributed by atoms with van der Waals surface area (Å²) in [4.78, 5) is 11.6. The number of halogens is 3. The summed E-state index contributed by atoms with van der Waals surface area (Å²) in [5.74, 6) is 0. The van der Waals surface area contributed by atoms with E-state index in [0.717, 1.165) is 37.8 Å². The highest BCUT2D eigenvalue weighted by atomic mass is 19.4. The van der Waals surface area contributed by atoms with E-state index >= 15 is 0 Å². The van der Waals surface area contributed by atoms with Gasteiger partial charge in [0.05, 0.1) is 5.56 Å². The van der Waals surface area contributed by atoms with E-state index in [1.54, 1.807) is 6.20 Å². The molecule has 6 heteroatoms. The highest BCUT2D eigenvalue weighted by Crippen LogP contribution is 2.29. The fourth-order valence-electron chi connectivity index (χ4n) is 2.05. The molecule has 2 N–H and O–H groups in total. The number of amides is 2. The van der Waals surface area contributed by atoms with Crippen LogP contribution in [-0.2, 0) is 6.18 Å². The van der Waals surface area contributed by atoms with E-state index in [1.807, 2.05) is 0 Å². The molecule has 1 fully saturated rings. The van der Waals surface area contributed by atoms with Crippen molar-refractivity contribution in [2.45, 2.75) is 31.9 Å². The van der Waals surface area contributed by atoms with Crippen LogP contribution in [0.15, 0.2) is 36.0 Å². The van der Waals surface area contributed by atoms with Gasteiger partial charge in [-0.25, -0.2) is 4.79 Å². The molecule has 2 amide bonds. The number of anilines is 1. The quantitative estimate of drug-likeness (QED) is 0.836. The van der Waals surface area contributed by atoms with Gasteiger partial charge in [-0.3, -0.25) is 0 Å². The minimum atomic E-state index is -4.37. The Morgan fingerprint density at radius 3 is 2.25 bits per heavy atom. The van der Waals surface area contributed by atoms with Crippen molar-refractivity contribution >= 4 is 11.7 Å². The maximum Gasteiger partial charge on any atom is 0.416 e. The van der Waals surface area contributed by atoms with Gasteiger partial charge < -0.3 is 10.6 Å². The number of allylic oxidation sites excluding steroid dienone is 1. The van der Waals surface area contributed by atoms with Crippen LogP contribution in [0.1, 0.15) is 31.2 Å². The molecule has 20 heavy (non-hydrogen) atoms. The van der Waals surface area contributed by atoms with Crippen LogP contribution in [0.3, 0.4) is 0 Å². The number of rotatable bonds is 2. The first-order valence-corrected chi connectivity index (χ1v) is 6.38. The normalized spacial score (nSPS) is 15.1. The number of carbonyl (C=O) groups is 1. The van der Waals surface area contributed by atoms with E-state index in [4.69, 9.17) is 0 Å². The van der Waals surface area contributed by atoms with Crippen LogP contribution in [0.25, 0.3) is 0 Å². The van der Waals surface area contributed by atoms with Crippen molar-refractivity contribution in [3.63, 3.8) is 0 Å². The second-order valence-electron chi connectivity index (χ2n) is 4.68. The Bertz CT molecular complexity index is 498. The third kappa shape index (κ3) is 4.01. The fraction of sp³-hybridized carbons (Fsp3) is 0.357. The van der Waals surface area contributed by atoms with Gasteiger partial charge in [-0.05, 0) is 49.9 Å². The molecule has 1 aliphatic rings. The zero-order valence-corrected chi connectivity index (χ0v) is 10.8. The second kappa shape index (κ2) is 5.98. The lowest BCUT2D eigenvalue weighted by Crippen LogP contribution is -2.24. The van der Waals surface area contributed by atoms with E-state index in [0.29, 0.717) is 5.69 Å². The van der Waals surface area contributed by atoms with E-state index in [2.05, 4.69) is 10.6 Å². The van der Waals surface area contributed by atoms with Crippen molar-refractivity contribution in [1.82, 2.24) is 5.32 Å². The zero-order chi connectivity index (χ0) is 14.6. The number of alkyl halides is 3. The van der Waals surface area contributed by atoms with Gasteiger partial charge in [-0.1, -0.05) is 5.57 Å². The lowest BCUT2D eigenvalue weighted by Gasteiger charge is -2.08. The Morgan fingerprint density at radius 1 is 1.10 bits per heavy atom. The van der Waals surface area contributed by atoms with Crippen molar-refractivity contribution in [3.05, 3.63) is 41.6 Å². The van der Waals surface area contributed by atoms with Crippen LogP contribution in [0.4, 0.5) is 23.7 Å². The maximum atomic E-state index is 12.4. The van der Waals surface area contributed by atoms with Crippen LogP contribution < -0.4 is 10.6 Å². The standard InChI is InChI=1S/C14H15F3N2O/c15-14(16,17)11-5-7-12(8-6-11)19-13(20)18-9-10-3-1-2-4-10/h5-9H,1-4H2,(H2,18,19,20). The number of hydrogen-bond donors (Lipinski definition) is 2. The average Bonchev–Trinajstić information content (AvgIpc) is 2.89. The second-order valence-corrected chi connectivity index (χ2v) is 4.68. The third-order valence-electron chi connectivity index (χ3n) is 3.12. The molecule has 0 bridgehead atoms. The van der Waals surface area contributed by atoms with Gasteiger partial charge >= 0.3 is 12.2 Å². The highest BCUT2D eigenvalue weighted by molar-refractivity contribution is 5.89. The largest absolute Gasteiger partial charge is 0.416 e. The van der Waals surface area contributed by atoms with Gasteiger partial charge in [-0.2, -0.15) is 13.2 Å². The van der Waals surface area contributed by atoms with Crippen LogP contribution in [0.2, 0.25) is 0 Å². The first kappa shape index (κ1) is 14.4. The molecule has 1 saturated carbocycles. The minimum absolute atomic E-state index is 0.320. The molecule has 1 aliphatic carbocycles. The molecular weight excluding hydrogens is 269 g/mol. The third-order valence-corrected chi connectivity index (χ3v) is 3.12. The van der Waals surface area contributed by atoms with Crippen molar-refractivity contribution in [1.29, 1.82) is 0 Å². The highest BCUT2D eigenvalue weighted by Gasteiger charge is 2.29. The molecule has 0 heterocycles. The van der Waals surface area contributed by atoms with Gasteiger partial charge in [-0.15, -0.1) is 0 Å². The van der Waals surface area contributed by atoms with E-state index in [1.165, 1.54) is 17.7 Å². The van der Waals surface area contributed by atoms with Crippen LogP contribution in [0.5, 0.6) is 0 Å². The average molecular weight is 284 g/mol. The number of urea groups is 1. The Balaban J connectivity index is 1.89. The van der Waals surface area contributed by atoms with Gasteiger partial charge in [0.25, 0.3) is 0 Å². The molecule has 0 aliphatic heterocycles. The predicted molar refractivity (Wildman–Crippen MR) is 70.1 cm³/mol. The Morgan fingerprint density at radius 2 is 1.70 bits per heavy atom. The molecule has 0 aromatic heterocycles. The summed E-state index contributed by atoms with van der Waals surface area (Å²) >= 11 is 0. The predicted octanol–water partition coefficient (Wildman–Crippen LogP) is 4.28. The summed E-state index contributed by atoms with van der Waals surface area (Å²) in [7, 11) is 0. The van der Waals surface area contributed by atoms with Crippen LogP contribution in [0, 0.1) is 0 Å². The smallest absolute Gasteiger partial charge is 0.314 e. The summed E-state index contributed by atoms with van der Waals surface area (Å²) in [6.45, 7) is 0. The molecule has 0 unspecified atom stereocenters. The van der Waals surface area contributed by atoms with Crippen molar-refractivity contribution < 1.29 is 18.0 Å². The number of benzene rings is 1. The molecule has 0 saturated heterocycles. The minimum Gasteiger partial charge on any atom is -0.314 e. The summed E-state index contributed by atoms with van der Waals surface area (Å²) in [6.07, 6.45) is 1.54. The topological polar surface area (TPSA) is 41.1 Å². The van der Waals surface area contributed by atoms with Crippen molar-refractivity contribution in [2.24, 2.45) is 0 Å². The van der Waals surface area contributed by atoms with Gasteiger partial charge in [0, 0.05) is 11.9 Å². The Kier molecular flexibility index (Phi) is 4.32. The van der Waals surface area contributed by atoms with E-state index in [-0.39, 0.29) is 0 Å².